The van der Waals surface area contributed by atoms with Gasteiger partial charge in [-0.15, -0.1) is 0 Å². The molecule has 0 unspecified atom stereocenters. The van der Waals surface area contributed by atoms with Crippen molar-refractivity contribution in [2.45, 2.75) is 32.9 Å². The molecule has 0 saturated carbocycles. The molecule has 1 heterocycles. The molecule has 3 heteroatoms. The monoisotopic (exact) mass is 258 g/mol. The summed E-state index contributed by atoms with van der Waals surface area (Å²) in [6.45, 7) is 4.83. The smallest absolute Gasteiger partial charge is 0.123 e. The van der Waals surface area contributed by atoms with Gasteiger partial charge in [-0.2, -0.15) is 0 Å². The summed E-state index contributed by atoms with van der Waals surface area (Å²) >= 11 is 0. The standard InChI is InChI=1S/C16H22N2O/c1-4-16(17)13-6-8-14(9-7-13)18(3)11-15-10-5-12(2)19-15/h5-10,16H,4,11,17H2,1-3H3/t16-/m1/s1. The molecule has 19 heavy (non-hydrogen) atoms. The first-order chi connectivity index (χ1) is 9.10. The zero-order valence-electron chi connectivity index (χ0n) is 11.9. The summed E-state index contributed by atoms with van der Waals surface area (Å²) in [6.07, 6.45) is 0.959. The molecule has 2 rings (SSSR count). The normalized spacial score (nSPS) is 12.4. The van der Waals surface area contributed by atoms with Crippen molar-refractivity contribution in [3.05, 3.63) is 53.5 Å². The van der Waals surface area contributed by atoms with Crippen molar-refractivity contribution in [3.63, 3.8) is 0 Å². The number of aryl methyl sites for hydroxylation is 1. The van der Waals surface area contributed by atoms with Crippen molar-refractivity contribution in [1.29, 1.82) is 0 Å². The summed E-state index contributed by atoms with van der Waals surface area (Å²) in [4.78, 5) is 2.17. The van der Waals surface area contributed by atoms with Gasteiger partial charge in [-0.1, -0.05) is 19.1 Å². The lowest BCUT2D eigenvalue weighted by Crippen LogP contribution is -2.16. The minimum atomic E-state index is 0.132. The highest BCUT2D eigenvalue weighted by Crippen LogP contribution is 2.20. The molecule has 0 aliphatic carbocycles. The summed E-state index contributed by atoms with van der Waals surface area (Å²) in [5.41, 5.74) is 8.37. The van der Waals surface area contributed by atoms with Gasteiger partial charge in [-0.05, 0) is 43.2 Å². The molecule has 0 bridgehead atoms. The maximum atomic E-state index is 6.02. The molecule has 102 valence electrons. The molecule has 0 spiro atoms. The van der Waals surface area contributed by atoms with Crippen molar-refractivity contribution in [3.8, 4) is 0 Å². The van der Waals surface area contributed by atoms with Gasteiger partial charge in [-0.25, -0.2) is 0 Å². The maximum absolute atomic E-state index is 6.02. The van der Waals surface area contributed by atoms with Crippen molar-refractivity contribution in [2.24, 2.45) is 5.73 Å². The summed E-state index contributed by atoms with van der Waals surface area (Å²) < 4.78 is 5.59. The minimum Gasteiger partial charge on any atom is -0.464 e. The van der Waals surface area contributed by atoms with Crippen LogP contribution in [-0.2, 0) is 6.54 Å². The number of anilines is 1. The van der Waals surface area contributed by atoms with Crippen LogP contribution in [0.3, 0.4) is 0 Å². The van der Waals surface area contributed by atoms with Crippen LogP contribution in [0.1, 0.15) is 36.5 Å². The first kappa shape index (κ1) is 13.7. The largest absolute Gasteiger partial charge is 0.464 e. The molecule has 0 saturated heterocycles. The van der Waals surface area contributed by atoms with Crippen LogP contribution in [-0.4, -0.2) is 7.05 Å². The fourth-order valence-corrected chi connectivity index (χ4v) is 2.11. The maximum Gasteiger partial charge on any atom is 0.123 e. The van der Waals surface area contributed by atoms with E-state index in [1.54, 1.807) is 0 Å². The number of hydrogen-bond donors (Lipinski definition) is 1. The zero-order valence-corrected chi connectivity index (χ0v) is 11.9. The Morgan fingerprint density at radius 2 is 1.84 bits per heavy atom. The number of nitrogens with two attached hydrogens (primary N) is 1. The van der Waals surface area contributed by atoms with Crippen molar-refractivity contribution >= 4 is 5.69 Å². The highest BCUT2D eigenvalue weighted by atomic mass is 16.3. The third-order valence-corrected chi connectivity index (χ3v) is 3.39. The van der Waals surface area contributed by atoms with E-state index in [1.807, 2.05) is 19.1 Å². The highest BCUT2D eigenvalue weighted by Gasteiger charge is 2.07. The number of nitrogens with zero attached hydrogens (tertiary/aromatic N) is 1. The Kier molecular flexibility index (Phi) is 4.27. The van der Waals surface area contributed by atoms with Crippen LogP contribution in [0.15, 0.2) is 40.8 Å². The Hall–Kier alpha value is -1.74. The van der Waals surface area contributed by atoms with Gasteiger partial charge in [0, 0.05) is 18.8 Å². The molecular weight excluding hydrogens is 236 g/mol. The van der Waals surface area contributed by atoms with Gasteiger partial charge in [0.05, 0.1) is 6.54 Å². The fourth-order valence-electron chi connectivity index (χ4n) is 2.11. The van der Waals surface area contributed by atoms with Crippen LogP contribution in [0.5, 0.6) is 0 Å². The second-order valence-corrected chi connectivity index (χ2v) is 4.97. The molecule has 0 radical (unpaired) electrons. The van der Waals surface area contributed by atoms with Crippen LogP contribution < -0.4 is 10.6 Å². The molecule has 2 aromatic rings. The summed E-state index contributed by atoms with van der Waals surface area (Å²) in [7, 11) is 2.06. The summed E-state index contributed by atoms with van der Waals surface area (Å²) in [6, 6.07) is 12.6. The number of rotatable bonds is 5. The van der Waals surface area contributed by atoms with E-state index in [4.69, 9.17) is 10.2 Å². The van der Waals surface area contributed by atoms with Gasteiger partial charge in [-0.3, -0.25) is 0 Å². The molecule has 0 aliphatic rings. The predicted molar refractivity (Wildman–Crippen MR) is 79.2 cm³/mol. The van der Waals surface area contributed by atoms with Gasteiger partial charge in [0.15, 0.2) is 0 Å². The zero-order chi connectivity index (χ0) is 13.8. The fraction of sp³-hybridized carbons (Fsp3) is 0.375. The number of hydrogen-bond acceptors (Lipinski definition) is 3. The molecule has 1 aromatic carbocycles. The molecule has 0 fully saturated rings. The third kappa shape index (κ3) is 3.38. The van der Waals surface area contributed by atoms with E-state index in [0.29, 0.717) is 0 Å². The molecule has 0 aliphatic heterocycles. The van der Waals surface area contributed by atoms with Crippen LogP contribution in [0.4, 0.5) is 5.69 Å². The van der Waals surface area contributed by atoms with Gasteiger partial charge in [0.1, 0.15) is 11.5 Å². The van der Waals surface area contributed by atoms with E-state index in [9.17, 15) is 0 Å². The van der Waals surface area contributed by atoms with Crippen molar-refractivity contribution in [1.82, 2.24) is 0 Å². The molecule has 1 atom stereocenters. The van der Waals surface area contributed by atoms with Crippen LogP contribution in [0, 0.1) is 6.92 Å². The van der Waals surface area contributed by atoms with Crippen molar-refractivity contribution < 1.29 is 4.42 Å². The van der Waals surface area contributed by atoms with Crippen LogP contribution in [0.2, 0.25) is 0 Å². The van der Waals surface area contributed by atoms with E-state index in [2.05, 4.69) is 43.1 Å². The average molecular weight is 258 g/mol. The van der Waals surface area contributed by atoms with Gasteiger partial charge in [0.2, 0.25) is 0 Å². The average Bonchev–Trinajstić information content (AvgIpc) is 2.83. The highest BCUT2D eigenvalue weighted by molar-refractivity contribution is 5.47. The van der Waals surface area contributed by atoms with Crippen LogP contribution >= 0.6 is 0 Å². The van der Waals surface area contributed by atoms with E-state index < -0.39 is 0 Å². The SMILES string of the molecule is CC[C@@H](N)c1ccc(N(C)Cc2ccc(C)o2)cc1. The Bertz CT molecular complexity index is 516. The summed E-state index contributed by atoms with van der Waals surface area (Å²) in [5.74, 6) is 1.93. The lowest BCUT2D eigenvalue weighted by molar-refractivity contribution is 0.482. The first-order valence-corrected chi connectivity index (χ1v) is 6.72. The summed E-state index contributed by atoms with van der Waals surface area (Å²) in [5, 5.41) is 0. The topological polar surface area (TPSA) is 42.4 Å². The van der Waals surface area contributed by atoms with E-state index in [1.165, 1.54) is 11.3 Å². The molecule has 3 nitrogen and oxygen atoms in total. The Balaban J connectivity index is 2.05. The molecular formula is C16H22N2O. The second-order valence-electron chi connectivity index (χ2n) is 4.97. The molecule has 2 N–H and O–H groups in total. The van der Waals surface area contributed by atoms with Gasteiger partial charge < -0.3 is 15.1 Å². The lowest BCUT2D eigenvalue weighted by Gasteiger charge is -2.19. The predicted octanol–water partition coefficient (Wildman–Crippen LogP) is 3.63. The third-order valence-electron chi connectivity index (χ3n) is 3.39. The Morgan fingerprint density at radius 1 is 1.16 bits per heavy atom. The van der Waals surface area contributed by atoms with Crippen LogP contribution in [0.25, 0.3) is 0 Å². The molecule has 1 aromatic heterocycles. The van der Waals surface area contributed by atoms with Gasteiger partial charge in [0.25, 0.3) is 0 Å². The Labute approximate surface area is 115 Å². The molecule has 0 amide bonds. The Morgan fingerprint density at radius 3 is 2.37 bits per heavy atom. The van der Waals surface area contributed by atoms with Gasteiger partial charge >= 0.3 is 0 Å². The van der Waals surface area contributed by atoms with E-state index in [-0.39, 0.29) is 6.04 Å². The van der Waals surface area contributed by atoms with Crippen molar-refractivity contribution in [2.75, 3.05) is 11.9 Å². The number of benzene rings is 1. The first-order valence-electron chi connectivity index (χ1n) is 6.72. The van der Waals surface area contributed by atoms with E-state index in [0.717, 1.165) is 24.5 Å². The minimum absolute atomic E-state index is 0.132. The van der Waals surface area contributed by atoms with E-state index >= 15 is 0 Å². The lowest BCUT2D eigenvalue weighted by atomic mass is 10.1. The number of furan rings is 1. The quantitative estimate of drug-likeness (QED) is 0.890. The second kappa shape index (κ2) is 5.93.